The molecule has 1 rings (SSSR count). The van der Waals surface area contributed by atoms with Crippen molar-refractivity contribution < 1.29 is 13.2 Å². The van der Waals surface area contributed by atoms with Crippen LogP contribution in [-0.4, -0.2) is 51.4 Å². The Bertz CT molecular complexity index is 337. The van der Waals surface area contributed by atoms with Gasteiger partial charge in [0.25, 0.3) is 10.2 Å². The quantitative estimate of drug-likeness (QED) is 0.524. The molecule has 1 fully saturated rings. The summed E-state index contributed by atoms with van der Waals surface area (Å²) >= 11 is 0. The van der Waals surface area contributed by atoms with Crippen LogP contribution in [-0.2, 0) is 15.0 Å². The van der Waals surface area contributed by atoms with Crippen LogP contribution in [0.1, 0.15) is 12.8 Å². The molecular weight excluding hydrogens is 232 g/mol. The molecule has 0 aromatic heterocycles. The molecule has 1 unspecified atom stereocenters. The fourth-order valence-electron chi connectivity index (χ4n) is 1.76. The van der Waals surface area contributed by atoms with E-state index in [9.17, 15) is 13.2 Å². The highest BCUT2D eigenvalue weighted by molar-refractivity contribution is 7.87. The summed E-state index contributed by atoms with van der Waals surface area (Å²) in [5.74, 6) is -0.649. The zero-order valence-electron chi connectivity index (χ0n) is 9.27. The van der Waals surface area contributed by atoms with Gasteiger partial charge in [-0.2, -0.15) is 12.7 Å². The highest BCUT2D eigenvalue weighted by Crippen LogP contribution is 2.13. The van der Waals surface area contributed by atoms with Crippen LogP contribution in [0.25, 0.3) is 0 Å². The summed E-state index contributed by atoms with van der Waals surface area (Å²) in [4.78, 5) is 10.9. The third-order valence-electron chi connectivity index (χ3n) is 2.56. The fourth-order valence-corrected chi connectivity index (χ4v) is 2.86. The molecule has 1 saturated heterocycles. The molecule has 0 aromatic rings. The Morgan fingerprint density at radius 3 is 2.75 bits per heavy atom. The van der Waals surface area contributed by atoms with Gasteiger partial charge in [0.2, 0.25) is 5.91 Å². The van der Waals surface area contributed by atoms with Crippen molar-refractivity contribution in [3.63, 3.8) is 0 Å². The van der Waals surface area contributed by atoms with Gasteiger partial charge in [-0.1, -0.05) is 0 Å². The van der Waals surface area contributed by atoms with Gasteiger partial charge in [0.1, 0.15) is 0 Å². The van der Waals surface area contributed by atoms with Crippen molar-refractivity contribution in [2.45, 2.75) is 18.9 Å². The number of rotatable bonds is 5. The van der Waals surface area contributed by atoms with E-state index in [0.717, 1.165) is 23.7 Å². The van der Waals surface area contributed by atoms with Crippen LogP contribution < -0.4 is 15.8 Å². The first-order chi connectivity index (χ1) is 7.47. The Kier molecular flexibility index (Phi) is 4.66. The van der Waals surface area contributed by atoms with Crippen molar-refractivity contribution in [3.8, 4) is 0 Å². The van der Waals surface area contributed by atoms with E-state index in [4.69, 9.17) is 5.73 Å². The van der Waals surface area contributed by atoms with Crippen molar-refractivity contribution in [1.29, 1.82) is 0 Å². The van der Waals surface area contributed by atoms with Crippen LogP contribution >= 0.6 is 0 Å². The van der Waals surface area contributed by atoms with Gasteiger partial charge in [0.05, 0.1) is 6.54 Å². The molecular formula is C8H18N4O3S. The van der Waals surface area contributed by atoms with Gasteiger partial charge in [-0.3, -0.25) is 4.79 Å². The lowest BCUT2D eigenvalue weighted by Gasteiger charge is -2.32. The molecule has 7 nitrogen and oxygen atoms in total. The lowest BCUT2D eigenvalue weighted by atomic mass is 10.1. The molecule has 16 heavy (non-hydrogen) atoms. The first-order valence-corrected chi connectivity index (χ1v) is 6.60. The number of hydrogen-bond acceptors (Lipinski definition) is 4. The van der Waals surface area contributed by atoms with E-state index in [2.05, 4.69) is 10.0 Å². The zero-order chi connectivity index (χ0) is 12.2. The smallest absolute Gasteiger partial charge is 0.279 e. The topological polar surface area (TPSA) is 105 Å². The van der Waals surface area contributed by atoms with Crippen molar-refractivity contribution in [1.82, 2.24) is 14.3 Å². The molecule has 0 aliphatic carbocycles. The summed E-state index contributed by atoms with van der Waals surface area (Å²) in [5.41, 5.74) is 5.06. The van der Waals surface area contributed by atoms with E-state index in [-0.39, 0.29) is 12.6 Å². The van der Waals surface area contributed by atoms with Gasteiger partial charge < -0.3 is 11.1 Å². The first-order valence-electron chi connectivity index (χ1n) is 5.16. The fraction of sp³-hybridized carbons (Fsp3) is 0.875. The summed E-state index contributed by atoms with van der Waals surface area (Å²) < 4.78 is 26.8. The van der Waals surface area contributed by atoms with Crippen molar-refractivity contribution in [2.75, 3.05) is 26.7 Å². The average Bonchev–Trinajstić information content (AvgIpc) is 2.27. The number of nitrogens with one attached hydrogen (secondary N) is 2. The molecule has 0 saturated carbocycles. The summed E-state index contributed by atoms with van der Waals surface area (Å²) in [5, 5.41) is 3.10. The lowest BCUT2D eigenvalue weighted by molar-refractivity contribution is -0.118. The maximum Gasteiger partial charge on any atom is 0.279 e. The molecule has 4 N–H and O–H groups in total. The first kappa shape index (κ1) is 13.4. The summed E-state index contributed by atoms with van der Waals surface area (Å²) in [6.45, 7) is 1.14. The minimum Gasteiger partial charge on any atom is -0.369 e. The standard InChI is InChI=1S/C8H18N4O3S/c1-10-16(14,15)12(6-8(9)13)7-3-2-4-11-5-7/h7,10-11H,2-6H2,1H3,(H2,9,13). The number of amides is 1. The maximum absolute atomic E-state index is 11.7. The number of nitrogens with two attached hydrogens (primary N) is 1. The maximum atomic E-state index is 11.7. The van der Waals surface area contributed by atoms with Gasteiger partial charge in [-0.05, 0) is 19.4 Å². The molecule has 1 amide bonds. The molecule has 0 aromatic carbocycles. The lowest BCUT2D eigenvalue weighted by Crippen LogP contribution is -2.54. The van der Waals surface area contributed by atoms with Gasteiger partial charge in [-0.15, -0.1) is 0 Å². The van der Waals surface area contributed by atoms with E-state index in [1.54, 1.807) is 0 Å². The van der Waals surface area contributed by atoms with Crippen molar-refractivity contribution in [2.24, 2.45) is 5.73 Å². The van der Waals surface area contributed by atoms with E-state index >= 15 is 0 Å². The van der Waals surface area contributed by atoms with Gasteiger partial charge in [0, 0.05) is 19.6 Å². The second-order valence-electron chi connectivity index (χ2n) is 3.72. The third kappa shape index (κ3) is 3.41. The van der Waals surface area contributed by atoms with Crippen LogP contribution in [0, 0.1) is 0 Å². The van der Waals surface area contributed by atoms with Crippen LogP contribution in [0.2, 0.25) is 0 Å². The Labute approximate surface area is 95.5 Å². The second kappa shape index (κ2) is 5.58. The SMILES string of the molecule is CNS(=O)(=O)N(CC(N)=O)C1CCCNC1. The summed E-state index contributed by atoms with van der Waals surface area (Å²) in [6.07, 6.45) is 1.63. The predicted molar refractivity (Wildman–Crippen MR) is 59.8 cm³/mol. The number of piperidine rings is 1. The van der Waals surface area contributed by atoms with E-state index in [1.807, 2.05) is 0 Å². The number of hydrogen-bond donors (Lipinski definition) is 3. The number of carbonyl (C=O) groups is 1. The Balaban J connectivity index is 2.81. The number of primary amides is 1. The van der Waals surface area contributed by atoms with E-state index in [1.165, 1.54) is 7.05 Å². The van der Waals surface area contributed by atoms with Crippen LogP contribution in [0.5, 0.6) is 0 Å². The monoisotopic (exact) mass is 250 g/mol. The number of nitrogens with zero attached hydrogens (tertiary/aromatic N) is 1. The molecule has 8 heteroatoms. The largest absolute Gasteiger partial charge is 0.369 e. The van der Waals surface area contributed by atoms with Crippen molar-refractivity contribution >= 4 is 16.1 Å². The van der Waals surface area contributed by atoms with E-state index < -0.39 is 16.1 Å². The molecule has 0 bridgehead atoms. The molecule has 0 radical (unpaired) electrons. The Morgan fingerprint density at radius 2 is 2.31 bits per heavy atom. The molecule has 0 spiro atoms. The Morgan fingerprint density at radius 1 is 1.62 bits per heavy atom. The molecule has 1 aliphatic rings. The third-order valence-corrected chi connectivity index (χ3v) is 4.12. The summed E-state index contributed by atoms with van der Waals surface area (Å²) in [6, 6.07) is -0.210. The highest BCUT2D eigenvalue weighted by atomic mass is 32.2. The molecule has 1 heterocycles. The number of carbonyl (C=O) groups excluding carboxylic acids is 1. The molecule has 94 valence electrons. The van der Waals surface area contributed by atoms with Crippen LogP contribution in [0.3, 0.4) is 0 Å². The zero-order valence-corrected chi connectivity index (χ0v) is 10.1. The van der Waals surface area contributed by atoms with Crippen LogP contribution in [0.4, 0.5) is 0 Å². The minimum atomic E-state index is -3.61. The van der Waals surface area contributed by atoms with Crippen LogP contribution in [0.15, 0.2) is 0 Å². The Hall–Kier alpha value is -0.700. The predicted octanol–water partition coefficient (Wildman–Crippen LogP) is -2.01. The minimum absolute atomic E-state index is 0.210. The molecule has 1 atom stereocenters. The van der Waals surface area contributed by atoms with Gasteiger partial charge in [-0.25, -0.2) is 4.72 Å². The summed E-state index contributed by atoms with van der Waals surface area (Å²) in [7, 11) is -2.29. The van der Waals surface area contributed by atoms with E-state index in [0.29, 0.717) is 6.54 Å². The molecule has 1 aliphatic heterocycles. The normalized spacial score (nSPS) is 22.2. The van der Waals surface area contributed by atoms with Crippen molar-refractivity contribution in [3.05, 3.63) is 0 Å². The highest BCUT2D eigenvalue weighted by Gasteiger charge is 2.31. The second-order valence-corrected chi connectivity index (χ2v) is 5.55. The van der Waals surface area contributed by atoms with Gasteiger partial charge >= 0.3 is 0 Å². The van der Waals surface area contributed by atoms with Gasteiger partial charge in [0.15, 0.2) is 0 Å². The average molecular weight is 250 g/mol.